The van der Waals surface area contributed by atoms with Gasteiger partial charge in [-0.15, -0.1) is 0 Å². The van der Waals surface area contributed by atoms with Crippen LogP contribution in [0.15, 0.2) is 30.3 Å². The van der Waals surface area contributed by atoms with Crippen molar-refractivity contribution in [3.63, 3.8) is 0 Å². The number of para-hydroxylation sites is 1. The lowest BCUT2D eigenvalue weighted by Gasteiger charge is -2.18. The van der Waals surface area contributed by atoms with Crippen LogP contribution in [0, 0.1) is 5.92 Å². The van der Waals surface area contributed by atoms with Gasteiger partial charge in [-0.25, -0.2) is 9.59 Å². The van der Waals surface area contributed by atoms with Crippen LogP contribution in [0.3, 0.4) is 0 Å². The molecule has 3 amide bonds. The van der Waals surface area contributed by atoms with Crippen LogP contribution in [0.25, 0.3) is 6.08 Å². The van der Waals surface area contributed by atoms with Gasteiger partial charge in [0.25, 0.3) is 5.91 Å². The number of imide groups is 1. The minimum atomic E-state index is -1.11. The van der Waals surface area contributed by atoms with E-state index < -0.39 is 24.0 Å². The Labute approximate surface area is 140 Å². The molecule has 1 atom stereocenters. The van der Waals surface area contributed by atoms with E-state index in [1.165, 1.54) is 12.2 Å². The normalized spacial score (nSPS) is 12.0. The number of esters is 1. The zero-order valence-corrected chi connectivity index (χ0v) is 13.9. The number of ether oxygens (including phenoxy) is 2. The van der Waals surface area contributed by atoms with Crippen molar-refractivity contribution in [1.29, 1.82) is 0 Å². The van der Waals surface area contributed by atoms with Crippen LogP contribution in [0.1, 0.15) is 26.3 Å². The summed E-state index contributed by atoms with van der Waals surface area (Å²) in [7, 11) is 0. The van der Waals surface area contributed by atoms with Gasteiger partial charge in [-0.05, 0) is 25.0 Å². The van der Waals surface area contributed by atoms with Gasteiger partial charge in [0.05, 0.1) is 6.61 Å². The maximum atomic E-state index is 11.9. The monoisotopic (exact) mass is 334 g/mol. The largest absolute Gasteiger partial charge is 0.493 e. The quantitative estimate of drug-likeness (QED) is 0.584. The molecule has 24 heavy (non-hydrogen) atoms. The number of benzene rings is 1. The third-order valence-electron chi connectivity index (χ3n) is 2.97. The highest BCUT2D eigenvalue weighted by Gasteiger charge is 2.26. The van der Waals surface area contributed by atoms with E-state index in [0.717, 1.165) is 0 Å². The Morgan fingerprint density at radius 1 is 1.25 bits per heavy atom. The molecular weight excluding hydrogens is 312 g/mol. The predicted octanol–water partition coefficient (Wildman–Crippen LogP) is 1.86. The molecule has 0 saturated heterocycles. The van der Waals surface area contributed by atoms with Gasteiger partial charge in [0.15, 0.2) is 6.10 Å². The van der Waals surface area contributed by atoms with Crippen LogP contribution in [0.2, 0.25) is 0 Å². The van der Waals surface area contributed by atoms with Crippen molar-refractivity contribution in [3.05, 3.63) is 35.9 Å². The zero-order valence-electron chi connectivity index (χ0n) is 13.9. The molecule has 7 nitrogen and oxygen atoms in total. The van der Waals surface area contributed by atoms with Gasteiger partial charge in [-0.1, -0.05) is 32.0 Å². The van der Waals surface area contributed by atoms with E-state index in [-0.39, 0.29) is 5.92 Å². The lowest BCUT2D eigenvalue weighted by molar-refractivity contribution is -0.153. The van der Waals surface area contributed by atoms with Crippen molar-refractivity contribution in [1.82, 2.24) is 5.32 Å². The van der Waals surface area contributed by atoms with Crippen LogP contribution in [-0.2, 0) is 14.3 Å². The highest BCUT2D eigenvalue weighted by atomic mass is 16.5. The topological polar surface area (TPSA) is 108 Å². The first-order chi connectivity index (χ1) is 11.3. The number of primary amides is 1. The van der Waals surface area contributed by atoms with Crippen LogP contribution in [0.4, 0.5) is 4.79 Å². The minimum absolute atomic E-state index is 0.322. The summed E-state index contributed by atoms with van der Waals surface area (Å²) in [4.78, 5) is 34.5. The molecule has 0 unspecified atom stereocenters. The molecule has 1 rings (SSSR count). The minimum Gasteiger partial charge on any atom is -0.493 e. The molecule has 0 heterocycles. The average Bonchev–Trinajstić information content (AvgIpc) is 2.51. The fourth-order valence-corrected chi connectivity index (χ4v) is 1.91. The van der Waals surface area contributed by atoms with Gasteiger partial charge >= 0.3 is 12.0 Å². The van der Waals surface area contributed by atoms with Gasteiger partial charge in [0.1, 0.15) is 5.75 Å². The Morgan fingerprint density at radius 2 is 1.92 bits per heavy atom. The second-order valence-electron chi connectivity index (χ2n) is 5.26. The number of urea groups is 1. The first-order valence-electron chi connectivity index (χ1n) is 7.56. The fourth-order valence-electron chi connectivity index (χ4n) is 1.91. The molecular formula is C17H22N2O5. The molecule has 0 fully saturated rings. The SMILES string of the molecule is CCOc1ccccc1/C=C/C(=O)O[C@@H](C(=O)NC(N)=O)C(C)C. The summed E-state index contributed by atoms with van der Waals surface area (Å²) in [6.07, 6.45) is 1.62. The summed E-state index contributed by atoms with van der Waals surface area (Å²) < 4.78 is 10.6. The number of rotatable bonds is 7. The standard InChI is InChI=1S/C17H22N2O5/c1-4-23-13-8-6-5-7-12(13)9-10-14(20)24-15(11(2)3)16(21)19-17(18)22/h5-11,15H,4H2,1-3H3,(H3,18,19,21,22)/b10-9+/t15-/m1/s1. The molecule has 130 valence electrons. The van der Waals surface area contributed by atoms with Crippen molar-refractivity contribution >= 4 is 24.0 Å². The summed E-state index contributed by atoms with van der Waals surface area (Å²) in [6, 6.07) is 6.21. The highest BCUT2D eigenvalue weighted by molar-refractivity contribution is 5.97. The number of nitrogens with one attached hydrogen (secondary N) is 1. The first kappa shape index (κ1) is 19.2. The van der Waals surface area contributed by atoms with E-state index in [4.69, 9.17) is 15.2 Å². The molecule has 3 N–H and O–H groups in total. The molecule has 0 aliphatic heterocycles. The molecule has 0 spiro atoms. The number of carbonyl (C=O) groups excluding carboxylic acids is 3. The smallest absolute Gasteiger partial charge is 0.331 e. The van der Waals surface area contributed by atoms with Crippen molar-refractivity contribution in [2.24, 2.45) is 11.7 Å². The lowest BCUT2D eigenvalue weighted by atomic mass is 10.1. The van der Waals surface area contributed by atoms with E-state index in [1.54, 1.807) is 26.0 Å². The zero-order chi connectivity index (χ0) is 18.1. The third kappa shape index (κ3) is 6.12. The Balaban J connectivity index is 2.79. The van der Waals surface area contributed by atoms with Crippen molar-refractivity contribution in [2.45, 2.75) is 26.9 Å². The number of nitrogens with two attached hydrogens (primary N) is 1. The van der Waals surface area contributed by atoms with E-state index in [2.05, 4.69) is 0 Å². The Kier molecular flexibility index (Phi) is 7.48. The molecule has 1 aromatic rings. The number of hydrogen-bond acceptors (Lipinski definition) is 5. The van der Waals surface area contributed by atoms with Gasteiger partial charge in [0.2, 0.25) is 0 Å². The Morgan fingerprint density at radius 3 is 2.50 bits per heavy atom. The number of carbonyl (C=O) groups is 3. The van der Waals surface area contributed by atoms with Crippen LogP contribution < -0.4 is 15.8 Å². The molecule has 0 radical (unpaired) electrons. The van der Waals surface area contributed by atoms with Gasteiger partial charge in [-0.3, -0.25) is 10.1 Å². The maximum absolute atomic E-state index is 11.9. The maximum Gasteiger partial charge on any atom is 0.331 e. The summed E-state index contributed by atoms with van der Waals surface area (Å²) in [5.74, 6) is -1.15. The predicted molar refractivity (Wildman–Crippen MR) is 89.1 cm³/mol. The highest BCUT2D eigenvalue weighted by Crippen LogP contribution is 2.19. The second-order valence-corrected chi connectivity index (χ2v) is 5.26. The van der Waals surface area contributed by atoms with Gasteiger partial charge < -0.3 is 15.2 Å². The summed E-state index contributed by atoms with van der Waals surface area (Å²) in [5.41, 5.74) is 5.61. The Bertz CT molecular complexity index is 625. The van der Waals surface area contributed by atoms with Crippen LogP contribution in [-0.4, -0.2) is 30.6 Å². The molecule has 0 saturated carbocycles. The Hall–Kier alpha value is -2.83. The van der Waals surface area contributed by atoms with E-state index in [1.807, 2.05) is 24.4 Å². The van der Waals surface area contributed by atoms with Crippen molar-refractivity contribution in [2.75, 3.05) is 6.61 Å². The fraction of sp³-hybridized carbons (Fsp3) is 0.353. The molecule has 0 aromatic heterocycles. The van der Waals surface area contributed by atoms with E-state index in [9.17, 15) is 14.4 Å². The summed E-state index contributed by atoms with van der Waals surface area (Å²) >= 11 is 0. The first-order valence-corrected chi connectivity index (χ1v) is 7.56. The van der Waals surface area contributed by atoms with Crippen molar-refractivity contribution < 1.29 is 23.9 Å². The molecule has 1 aromatic carbocycles. The molecule has 0 bridgehead atoms. The number of hydrogen-bond donors (Lipinski definition) is 2. The van der Waals surface area contributed by atoms with Crippen molar-refractivity contribution in [3.8, 4) is 5.75 Å². The van der Waals surface area contributed by atoms with E-state index >= 15 is 0 Å². The van der Waals surface area contributed by atoms with Gasteiger partial charge in [0, 0.05) is 11.6 Å². The number of amides is 3. The van der Waals surface area contributed by atoms with E-state index in [0.29, 0.717) is 17.9 Å². The second kappa shape index (κ2) is 9.34. The summed E-state index contributed by atoms with van der Waals surface area (Å²) in [5, 5.41) is 1.91. The summed E-state index contributed by atoms with van der Waals surface area (Å²) in [6.45, 7) is 5.73. The van der Waals surface area contributed by atoms with Crippen LogP contribution >= 0.6 is 0 Å². The van der Waals surface area contributed by atoms with Gasteiger partial charge in [-0.2, -0.15) is 0 Å². The molecule has 7 heteroatoms. The molecule has 0 aliphatic carbocycles. The average molecular weight is 334 g/mol. The third-order valence-corrected chi connectivity index (χ3v) is 2.97. The molecule has 0 aliphatic rings. The van der Waals surface area contributed by atoms with Crippen LogP contribution in [0.5, 0.6) is 5.75 Å². The lowest BCUT2D eigenvalue weighted by Crippen LogP contribution is -2.45.